The molecule has 9 nitrogen and oxygen atoms in total. The minimum absolute atomic E-state index is 0.0214. The van der Waals surface area contributed by atoms with Crippen molar-refractivity contribution >= 4 is 38.9 Å². The summed E-state index contributed by atoms with van der Waals surface area (Å²) in [6.07, 6.45) is 2.63. The number of benzene rings is 3. The molecule has 0 atom stereocenters. The van der Waals surface area contributed by atoms with Crippen LogP contribution >= 0.6 is 11.3 Å². The Kier molecular flexibility index (Phi) is 6.12. The van der Waals surface area contributed by atoms with Gasteiger partial charge < -0.3 is 23.5 Å². The monoisotopic (exact) mass is 566 g/mol. The molecule has 0 radical (unpaired) electrons. The van der Waals surface area contributed by atoms with Crippen molar-refractivity contribution < 1.29 is 23.4 Å². The second kappa shape index (κ2) is 9.97. The van der Waals surface area contributed by atoms with Crippen LogP contribution in [0.1, 0.15) is 27.0 Å². The van der Waals surface area contributed by atoms with Crippen molar-refractivity contribution in [2.45, 2.75) is 20.0 Å². The van der Waals surface area contributed by atoms with Crippen molar-refractivity contribution in [3.63, 3.8) is 0 Å². The van der Waals surface area contributed by atoms with Gasteiger partial charge in [0.05, 0.1) is 25.8 Å². The van der Waals surface area contributed by atoms with E-state index in [-0.39, 0.29) is 5.91 Å². The van der Waals surface area contributed by atoms with Gasteiger partial charge in [-0.25, -0.2) is 9.50 Å². The first-order valence-corrected chi connectivity index (χ1v) is 14.0. The van der Waals surface area contributed by atoms with Crippen molar-refractivity contribution in [3.8, 4) is 28.1 Å². The average Bonchev–Trinajstić information content (AvgIpc) is 3.77. The van der Waals surface area contributed by atoms with Crippen molar-refractivity contribution in [1.29, 1.82) is 0 Å². The van der Waals surface area contributed by atoms with Crippen molar-refractivity contribution in [1.82, 2.24) is 14.6 Å². The molecule has 1 aliphatic rings. The SMILES string of the molecule is COc1cc(OCc2ccc3c(c2)N(C(=O)c2ccccc2C)CC3)c2cc(-c3cn4nc(OC)sc4n3)oc2c1. The fraction of sp³-hybridized carbons (Fsp3) is 0.194. The molecule has 0 saturated carbocycles. The molecule has 41 heavy (non-hydrogen) atoms. The smallest absolute Gasteiger partial charge is 0.294 e. The van der Waals surface area contributed by atoms with Gasteiger partial charge in [-0.1, -0.05) is 30.3 Å². The second-order valence-corrected chi connectivity index (χ2v) is 10.8. The van der Waals surface area contributed by atoms with Gasteiger partial charge in [-0.05, 0) is 59.6 Å². The minimum Gasteiger partial charge on any atom is -0.496 e. The van der Waals surface area contributed by atoms with Gasteiger partial charge in [0.15, 0.2) is 5.76 Å². The molecule has 0 fully saturated rings. The van der Waals surface area contributed by atoms with Gasteiger partial charge in [-0.15, -0.1) is 5.10 Å². The van der Waals surface area contributed by atoms with Crippen LogP contribution in [0, 0.1) is 6.92 Å². The number of anilines is 1. The molecule has 4 heterocycles. The zero-order chi connectivity index (χ0) is 28.1. The molecule has 0 aliphatic carbocycles. The van der Waals surface area contributed by atoms with Crippen molar-refractivity contribution in [2.24, 2.45) is 0 Å². The minimum atomic E-state index is 0.0214. The highest BCUT2D eigenvalue weighted by Crippen LogP contribution is 2.38. The molecule has 10 heteroatoms. The Morgan fingerprint density at radius 1 is 1.07 bits per heavy atom. The van der Waals surface area contributed by atoms with Crippen LogP contribution in [0.3, 0.4) is 0 Å². The number of hydrogen-bond donors (Lipinski definition) is 0. The van der Waals surface area contributed by atoms with Gasteiger partial charge in [0, 0.05) is 29.9 Å². The number of carbonyl (C=O) groups is 1. The zero-order valence-electron chi connectivity index (χ0n) is 22.7. The molecule has 0 N–H and O–H groups in total. The maximum absolute atomic E-state index is 13.4. The summed E-state index contributed by atoms with van der Waals surface area (Å²) in [7, 11) is 3.19. The van der Waals surface area contributed by atoms with E-state index in [1.54, 1.807) is 24.9 Å². The Morgan fingerprint density at radius 2 is 1.95 bits per heavy atom. The molecule has 0 bridgehead atoms. The van der Waals surface area contributed by atoms with Crippen LogP contribution in [0.15, 0.2) is 71.3 Å². The lowest BCUT2D eigenvalue weighted by Crippen LogP contribution is -2.29. The van der Waals surface area contributed by atoms with E-state index >= 15 is 0 Å². The van der Waals surface area contributed by atoms with Gasteiger partial charge in [0.1, 0.15) is 29.4 Å². The lowest BCUT2D eigenvalue weighted by molar-refractivity contribution is 0.0988. The molecule has 3 aromatic heterocycles. The van der Waals surface area contributed by atoms with Crippen molar-refractivity contribution in [2.75, 3.05) is 25.7 Å². The highest BCUT2D eigenvalue weighted by Gasteiger charge is 2.27. The highest BCUT2D eigenvalue weighted by molar-refractivity contribution is 7.18. The summed E-state index contributed by atoms with van der Waals surface area (Å²) in [6.45, 7) is 2.94. The number of ether oxygens (including phenoxy) is 3. The Morgan fingerprint density at radius 3 is 2.76 bits per heavy atom. The topological polar surface area (TPSA) is 91.3 Å². The number of hydrogen-bond acceptors (Lipinski definition) is 8. The van der Waals surface area contributed by atoms with E-state index in [1.807, 2.05) is 54.3 Å². The second-order valence-electron chi connectivity index (χ2n) is 9.85. The van der Waals surface area contributed by atoms with Crippen LogP contribution in [-0.2, 0) is 13.0 Å². The first-order valence-electron chi connectivity index (χ1n) is 13.1. The Labute approximate surface area is 239 Å². The molecule has 6 aromatic rings. The molecule has 0 saturated heterocycles. The number of fused-ring (bicyclic) bond motifs is 3. The van der Waals surface area contributed by atoms with Gasteiger partial charge in [0.2, 0.25) is 4.96 Å². The van der Waals surface area contributed by atoms with E-state index in [2.05, 4.69) is 28.3 Å². The molecule has 206 valence electrons. The van der Waals surface area contributed by atoms with E-state index < -0.39 is 0 Å². The van der Waals surface area contributed by atoms with Crippen LogP contribution < -0.4 is 19.1 Å². The molecular formula is C31H26N4O5S. The number of methoxy groups -OCH3 is 2. The Hall–Kier alpha value is -4.83. The Balaban J connectivity index is 1.16. The number of carbonyl (C=O) groups excluding carboxylic acids is 1. The standard InChI is InChI=1S/C31H26N4O5S/c1-18-6-4-5-7-22(18)29(36)34-11-10-20-9-8-19(12-25(20)34)17-39-26-13-21(37-2)14-27-23(26)15-28(40-27)24-16-35-30(32-24)41-31(33-35)38-3/h4-9,12-16H,10-11,17H2,1-3H3. The number of rotatable bonds is 7. The Bertz CT molecular complexity index is 1910. The van der Waals surface area contributed by atoms with E-state index in [4.69, 9.17) is 18.6 Å². The summed E-state index contributed by atoms with van der Waals surface area (Å²) in [5.74, 6) is 1.86. The first kappa shape index (κ1) is 25.2. The molecule has 0 unspecified atom stereocenters. The van der Waals surface area contributed by atoms with Gasteiger partial charge in [-0.3, -0.25) is 4.79 Å². The third-order valence-corrected chi connectivity index (χ3v) is 8.20. The first-order chi connectivity index (χ1) is 20.0. The molecule has 1 amide bonds. The summed E-state index contributed by atoms with van der Waals surface area (Å²) >= 11 is 1.35. The molecule has 7 rings (SSSR count). The van der Waals surface area contributed by atoms with Crippen LogP contribution in [0.25, 0.3) is 27.4 Å². The number of amides is 1. The third kappa shape index (κ3) is 4.46. The number of furan rings is 1. The fourth-order valence-electron chi connectivity index (χ4n) is 5.17. The summed E-state index contributed by atoms with van der Waals surface area (Å²) in [5, 5.41) is 5.69. The van der Waals surface area contributed by atoms with Crippen LogP contribution in [-0.4, -0.2) is 41.3 Å². The van der Waals surface area contributed by atoms with Crippen molar-refractivity contribution in [3.05, 3.63) is 89.1 Å². The van der Waals surface area contributed by atoms with E-state index in [9.17, 15) is 4.79 Å². The van der Waals surface area contributed by atoms with Gasteiger partial charge in [-0.2, -0.15) is 0 Å². The van der Waals surface area contributed by atoms with Crippen LogP contribution in [0.4, 0.5) is 5.69 Å². The summed E-state index contributed by atoms with van der Waals surface area (Å²) in [6, 6.07) is 19.5. The fourth-order valence-corrected chi connectivity index (χ4v) is 5.87. The van der Waals surface area contributed by atoms with E-state index in [0.717, 1.165) is 39.7 Å². The lowest BCUT2D eigenvalue weighted by atomic mass is 10.1. The van der Waals surface area contributed by atoms with Crippen LogP contribution in [0.5, 0.6) is 16.7 Å². The number of aryl methyl sites for hydroxylation is 1. The normalized spacial score (nSPS) is 12.7. The third-order valence-electron chi connectivity index (χ3n) is 7.32. The maximum Gasteiger partial charge on any atom is 0.294 e. The quantitative estimate of drug-likeness (QED) is 0.224. The molecule has 0 spiro atoms. The van der Waals surface area contributed by atoms with Gasteiger partial charge in [0.25, 0.3) is 11.1 Å². The summed E-state index contributed by atoms with van der Waals surface area (Å²) < 4.78 is 24.9. The zero-order valence-corrected chi connectivity index (χ0v) is 23.5. The number of imidazole rings is 1. The number of nitrogens with zero attached hydrogens (tertiary/aromatic N) is 4. The summed E-state index contributed by atoms with van der Waals surface area (Å²) in [4.78, 5) is 20.6. The predicted octanol–water partition coefficient (Wildman–Crippen LogP) is 6.31. The lowest BCUT2D eigenvalue weighted by Gasteiger charge is -2.19. The van der Waals surface area contributed by atoms with Gasteiger partial charge >= 0.3 is 0 Å². The molecule has 1 aliphatic heterocycles. The highest BCUT2D eigenvalue weighted by atomic mass is 32.1. The number of aromatic nitrogens is 3. The molecular weight excluding hydrogens is 540 g/mol. The van der Waals surface area contributed by atoms with E-state index in [1.165, 1.54) is 11.3 Å². The molecule has 3 aromatic carbocycles. The average molecular weight is 567 g/mol. The predicted molar refractivity (Wildman–Crippen MR) is 157 cm³/mol. The van der Waals surface area contributed by atoms with E-state index in [0.29, 0.717) is 51.8 Å². The largest absolute Gasteiger partial charge is 0.496 e. The van der Waals surface area contributed by atoms with Crippen LogP contribution in [0.2, 0.25) is 0 Å². The maximum atomic E-state index is 13.4. The summed E-state index contributed by atoms with van der Waals surface area (Å²) in [5.41, 5.74) is 6.03.